The molecular weight excluding hydrogens is 216 g/mol. The maximum atomic E-state index is 2.41. The number of hydrogen-bond acceptors (Lipinski definition) is 0. The minimum atomic E-state index is 0.263. The monoisotopic (exact) mass is 244 g/mol. The van der Waals surface area contributed by atoms with Crippen LogP contribution in [-0.4, -0.2) is 0 Å². The van der Waals surface area contributed by atoms with Gasteiger partial charge in [0.1, 0.15) is 0 Å². The highest BCUT2D eigenvalue weighted by Crippen LogP contribution is 2.47. The number of benzene rings is 1. The van der Waals surface area contributed by atoms with Crippen molar-refractivity contribution >= 4 is 0 Å². The van der Waals surface area contributed by atoms with Crippen LogP contribution in [-0.2, 0) is 11.8 Å². The van der Waals surface area contributed by atoms with Crippen LogP contribution in [0.4, 0.5) is 0 Å². The normalized spacial score (nSPS) is 20.1. The van der Waals surface area contributed by atoms with Gasteiger partial charge in [-0.2, -0.15) is 0 Å². The van der Waals surface area contributed by atoms with Gasteiger partial charge in [0.05, 0.1) is 0 Å². The Morgan fingerprint density at radius 2 is 1.61 bits per heavy atom. The summed E-state index contributed by atoms with van der Waals surface area (Å²) < 4.78 is 0. The molecule has 0 saturated heterocycles. The van der Waals surface area contributed by atoms with Gasteiger partial charge < -0.3 is 0 Å². The van der Waals surface area contributed by atoms with Gasteiger partial charge in [-0.3, -0.25) is 0 Å². The van der Waals surface area contributed by atoms with Gasteiger partial charge in [0, 0.05) is 0 Å². The lowest BCUT2D eigenvalue weighted by Gasteiger charge is -2.29. The highest BCUT2D eigenvalue weighted by molar-refractivity contribution is 5.47. The molecule has 0 aliphatic heterocycles. The van der Waals surface area contributed by atoms with Gasteiger partial charge in [0.15, 0.2) is 0 Å². The lowest BCUT2D eigenvalue weighted by atomic mass is 9.76. The minimum absolute atomic E-state index is 0.263. The second-order valence-electron chi connectivity index (χ2n) is 8.01. The maximum absolute atomic E-state index is 2.41. The first kappa shape index (κ1) is 13.6. The first-order valence-corrected chi connectivity index (χ1v) is 7.25. The van der Waals surface area contributed by atoms with Crippen LogP contribution >= 0.6 is 0 Å². The molecule has 1 aromatic carbocycles. The van der Waals surface area contributed by atoms with E-state index in [-0.39, 0.29) is 5.41 Å². The maximum Gasteiger partial charge on any atom is -0.0107 e. The Labute approximate surface area is 113 Å². The molecule has 0 heteroatoms. The Bertz CT molecular complexity index is 452. The van der Waals surface area contributed by atoms with Gasteiger partial charge >= 0.3 is 0 Å². The molecule has 18 heavy (non-hydrogen) atoms. The van der Waals surface area contributed by atoms with Crippen molar-refractivity contribution in [2.45, 2.75) is 72.6 Å². The zero-order valence-electron chi connectivity index (χ0n) is 13.1. The number of rotatable bonds is 0. The summed E-state index contributed by atoms with van der Waals surface area (Å²) in [5, 5.41) is 0. The molecule has 100 valence electrons. The highest BCUT2D eigenvalue weighted by atomic mass is 14.4. The van der Waals surface area contributed by atoms with Crippen LogP contribution in [0.2, 0.25) is 0 Å². The summed E-state index contributed by atoms with van der Waals surface area (Å²) in [6.07, 6.45) is 2.60. The lowest BCUT2D eigenvalue weighted by Crippen LogP contribution is -2.17. The van der Waals surface area contributed by atoms with E-state index in [4.69, 9.17) is 0 Å². The second-order valence-corrected chi connectivity index (χ2v) is 8.01. The fourth-order valence-electron chi connectivity index (χ4n) is 3.59. The summed E-state index contributed by atoms with van der Waals surface area (Å²) in [5.41, 5.74) is 6.98. The molecule has 0 amide bonds. The van der Waals surface area contributed by atoms with E-state index in [1.54, 1.807) is 16.7 Å². The van der Waals surface area contributed by atoms with Crippen LogP contribution < -0.4 is 0 Å². The van der Waals surface area contributed by atoms with E-state index >= 15 is 0 Å². The fourth-order valence-corrected chi connectivity index (χ4v) is 3.59. The summed E-state index contributed by atoms with van der Waals surface area (Å²) in [6, 6.07) is 4.78. The third-order valence-corrected chi connectivity index (χ3v) is 4.55. The molecule has 1 atom stereocenters. The average molecular weight is 244 g/mol. The van der Waals surface area contributed by atoms with Crippen molar-refractivity contribution in [3.63, 3.8) is 0 Å². The molecule has 1 aliphatic carbocycles. The van der Waals surface area contributed by atoms with Crippen LogP contribution in [0.15, 0.2) is 12.1 Å². The predicted molar refractivity (Wildman–Crippen MR) is 80.4 cm³/mol. The second kappa shape index (κ2) is 4.11. The highest BCUT2D eigenvalue weighted by Gasteiger charge is 2.34. The number of hydrogen-bond donors (Lipinski definition) is 0. The van der Waals surface area contributed by atoms with E-state index < -0.39 is 0 Å². The molecule has 0 fully saturated rings. The molecule has 0 bridgehead atoms. The summed E-state index contributed by atoms with van der Waals surface area (Å²) in [7, 11) is 0. The molecule has 2 rings (SSSR count). The van der Waals surface area contributed by atoms with E-state index in [9.17, 15) is 0 Å². The number of fused-ring (bicyclic) bond motifs is 1. The molecule has 1 aliphatic rings. The van der Waals surface area contributed by atoms with Crippen molar-refractivity contribution in [3.8, 4) is 0 Å². The van der Waals surface area contributed by atoms with Crippen molar-refractivity contribution in [2.75, 3.05) is 0 Å². The van der Waals surface area contributed by atoms with Gasteiger partial charge in [-0.1, -0.05) is 53.7 Å². The minimum Gasteiger partial charge on any atom is -0.0596 e. The molecule has 1 unspecified atom stereocenters. The molecule has 0 spiro atoms. The molecule has 1 aromatic rings. The standard InChI is InChI=1S/C18H28/c1-12-13-8-11-16(18(5,6)7)14(13)9-10-15(12)17(2,3)4/h9-10,16H,8,11H2,1-7H3. The summed E-state index contributed by atoms with van der Waals surface area (Å²) in [4.78, 5) is 0. The van der Waals surface area contributed by atoms with Gasteiger partial charge in [-0.05, 0) is 58.8 Å². The van der Waals surface area contributed by atoms with Crippen molar-refractivity contribution in [2.24, 2.45) is 5.41 Å². The first-order chi connectivity index (χ1) is 8.12. The SMILES string of the molecule is Cc1c(C(C)(C)C)ccc2c1CCC2C(C)(C)C. The van der Waals surface area contributed by atoms with E-state index in [0.717, 1.165) is 5.92 Å². The summed E-state index contributed by atoms with van der Waals surface area (Å²) >= 11 is 0. The smallest absolute Gasteiger partial charge is 0.0107 e. The van der Waals surface area contributed by atoms with Crippen LogP contribution in [0, 0.1) is 12.3 Å². The topological polar surface area (TPSA) is 0 Å². The van der Waals surface area contributed by atoms with Gasteiger partial charge in [-0.25, -0.2) is 0 Å². The van der Waals surface area contributed by atoms with E-state index in [2.05, 4.69) is 60.6 Å². The Hall–Kier alpha value is -0.780. The molecule has 0 aromatic heterocycles. The van der Waals surface area contributed by atoms with Crippen molar-refractivity contribution in [1.82, 2.24) is 0 Å². The third kappa shape index (κ3) is 2.22. The zero-order chi connectivity index (χ0) is 13.7. The van der Waals surface area contributed by atoms with Crippen LogP contribution in [0.25, 0.3) is 0 Å². The Kier molecular flexibility index (Phi) is 3.12. The van der Waals surface area contributed by atoms with Crippen LogP contribution in [0.3, 0.4) is 0 Å². The average Bonchev–Trinajstić information content (AvgIpc) is 2.59. The Morgan fingerprint density at radius 1 is 1.00 bits per heavy atom. The third-order valence-electron chi connectivity index (χ3n) is 4.55. The van der Waals surface area contributed by atoms with Crippen molar-refractivity contribution < 1.29 is 0 Å². The van der Waals surface area contributed by atoms with Gasteiger partial charge in [0.2, 0.25) is 0 Å². The Balaban J connectivity index is 2.51. The molecule has 0 radical (unpaired) electrons. The van der Waals surface area contributed by atoms with Gasteiger partial charge in [0.25, 0.3) is 0 Å². The van der Waals surface area contributed by atoms with Crippen LogP contribution in [0.1, 0.15) is 76.1 Å². The summed E-state index contributed by atoms with van der Waals surface area (Å²) in [6.45, 7) is 16.4. The van der Waals surface area contributed by atoms with E-state index in [0.29, 0.717) is 5.41 Å². The molecular formula is C18H28. The molecule has 0 heterocycles. The van der Waals surface area contributed by atoms with E-state index in [1.807, 2.05) is 0 Å². The van der Waals surface area contributed by atoms with Crippen molar-refractivity contribution in [3.05, 3.63) is 34.4 Å². The van der Waals surface area contributed by atoms with Crippen molar-refractivity contribution in [1.29, 1.82) is 0 Å². The largest absolute Gasteiger partial charge is 0.0596 e. The molecule has 0 nitrogen and oxygen atoms in total. The zero-order valence-corrected chi connectivity index (χ0v) is 13.1. The lowest BCUT2D eigenvalue weighted by molar-refractivity contribution is 0.319. The quantitative estimate of drug-likeness (QED) is 0.575. The van der Waals surface area contributed by atoms with Gasteiger partial charge in [-0.15, -0.1) is 0 Å². The first-order valence-electron chi connectivity index (χ1n) is 7.25. The predicted octanol–water partition coefficient (Wildman–Crippen LogP) is 5.37. The van der Waals surface area contributed by atoms with E-state index in [1.165, 1.54) is 18.4 Å². The van der Waals surface area contributed by atoms with Crippen LogP contribution in [0.5, 0.6) is 0 Å². The molecule has 0 saturated carbocycles. The summed E-state index contributed by atoms with van der Waals surface area (Å²) in [5.74, 6) is 0.736. The fraction of sp³-hybridized carbons (Fsp3) is 0.667. The Morgan fingerprint density at radius 3 is 2.11 bits per heavy atom. The molecule has 0 N–H and O–H groups in total.